The molecule has 3 nitrogen and oxygen atoms in total. The second-order valence-corrected chi connectivity index (χ2v) is 2.74. The fourth-order valence-electron chi connectivity index (χ4n) is 1.11. The highest BCUT2D eigenvalue weighted by molar-refractivity contribution is 5.97. The standard InChI is InChI=1S/C9H10F2N2O/c1-2-5-3-4-6(9(12)13-14)8(11)7(5)10/h3-4,14H,2H2,1H3,(H2,12,13). The summed E-state index contributed by atoms with van der Waals surface area (Å²) >= 11 is 0. The van der Waals surface area contributed by atoms with Crippen LogP contribution in [0.2, 0.25) is 0 Å². The Balaban J connectivity index is 3.31. The highest BCUT2D eigenvalue weighted by Gasteiger charge is 2.14. The minimum Gasteiger partial charge on any atom is -0.409 e. The van der Waals surface area contributed by atoms with Crippen molar-refractivity contribution >= 4 is 5.84 Å². The Hall–Kier alpha value is -1.65. The van der Waals surface area contributed by atoms with Crippen LogP contribution in [0.15, 0.2) is 17.3 Å². The van der Waals surface area contributed by atoms with Gasteiger partial charge in [0.2, 0.25) is 0 Å². The molecule has 0 atom stereocenters. The molecule has 0 aliphatic carbocycles. The molecule has 3 N–H and O–H groups in total. The number of amidine groups is 1. The number of aryl methyl sites for hydroxylation is 1. The van der Waals surface area contributed by atoms with Crippen LogP contribution in [0.4, 0.5) is 8.78 Å². The molecule has 0 saturated carbocycles. The van der Waals surface area contributed by atoms with Crippen molar-refractivity contribution in [1.29, 1.82) is 0 Å². The van der Waals surface area contributed by atoms with Gasteiger partial charge in [0.1, 0.15) is 0 Å². The van der Waals surface area contributed by atoms with E-state index in [-0.39, 0.29) is 11.1 Å². The lowest BCUT2D eigenvalue weighted by Gasteiger charge is -2.05. The first-order valence-corrected chi connectivity index (χ1v) is 4.06. The van der Waals surface area contributed by atoms with Crippen molar-refractivity contribution in [1.82, 2.24) is 0 Å². The summed E-state index contributed by atoms with van der Waals surface area (Å²) in [6, 6.07) is 2.69. The lowest BCUT2D eigenvalue weighted by Crippen LogP contribution is -2.16. The molecule has 0 amide bonds. The summed E-state index contributed by atoms with van der Waals surface area (Å²) in [6.07, 6.45) is 0.388. The molecule has 0 unspecified atom stereocenters. The molecule has 0 bridgehead atoms. The van der Waals surface area contributed by atoms with Crippen LogP contribution in [-0.4, -0.2) is 11.0 Å². The zero-order chi connectivity index (χ0) is 10.7. The third-order valence-corrected chi connectivity index (χ3v) is 1.93. The van der Waals surface area contributed by atoms with Crippen LogP contribution in [0, 0.1) is 11.6 Å². The molecule has 0 radical (unpaired) electrons. The molecule has 0 fully saturated rings. The van der Waals surface area contributed by atoms with Crippen LogP contribution >= 0.6 is 0 Å². The predicted molar refractivity (Wildman–Crippen MR) is 48.2 cm³/mol. The number of nitrogens with two attached hydrogens (primary N) is 1. The monoisotopic (exact) mass is 200 g/mol. The number of hydrogen-bond donors (Lipinski definition) is 2. The molecule has 0 aliphatic heterocycles. The van der Waals surface area contributed by atoms with E-state index in [1.54, 1.807) is 6.92 Å². The Morgan fingerprint density at radius 1 is 1.43 bits per heavy atom. The summed E-state index contributed by atoms with van der Waals surface area (Å²) in [4.78, 5) is 0. The highest BCUT2D eigenvalue weighted by atomic mass is 19.2. The molecular formula is C9H10F2N2O. The molecular weight excluding hydrogens is 190 g/mol. The maximum absolute atomic E-state index is 13.2. The van der Waals surface area contributed by atoms with Crippen LogP contribution in [0.3, 0.4) is 0 Å². The van der Waals surface area contributed by atoms with Crippen LogP contribution in [-0.2, 0) is 6.42 Å². The number of oxime groups is 1. The molecule has 76 valence electrons. The van der Waals surface area contributed by atoms with Crippen molar-refractivity contribution in [3.05, 3.63) is 34.9 Å². The zero-order valence-corrected chi connectivity index (χ0v) is 7.59. The van der Waals surface area contributed by atoms with E-state index in [0.717, 1.165) is 0 Å². The van der Waals surface area contributed by atoms with Gasteiger partial charge >= 0.3 is 0 Å². The smallest absolute Gasteiger partial charge is 0.173 e. The highest BCUT2D eigenvalue weighted by Crippen LogP contribution is 2.16. The SMILES string of the molecule is CCc1ccc(/C(N)=N\O)c(F)c1F. The lowest BCUT2D eigenvalue weighted by atomic mass is 10.1. The molecule has 1 aromatic rings. The summed E-state index contributed by atoms with van der Waals surface area (Å²) in [6.45, 7) is 1.71. The van der Waals surface area contributed by atoms with E-state index < -0.39 is 17.5 Å². The summed E-state index contributed by atoms with van der Waals surface area (Å²) in [7, 11) is 0. The number of hydrogen-bond acceptors (Lipinski definition) is 2. The van der Waals surface area contributed by atoms with Gasteiger partial charge in [-0.05, 0) is 18.1 Å². The maximum Gasteiger partial charge on any atom is 0.173 e. The Kier molecular flexibility index (Phi) is 3.01. The molecule has 0 aliphatic rings. The fraction of sp³-hybridized carbons (Fsp3) is 0.222. The van der Waals surface area contributed by atoms with Crippen LogP contribution in [0.1, 0.15) is 18.1 Å². The number of nitrogens with zero attached hydrogens (tertiary/aromatic N) is 1. The average molecular weight is 200 g/mol. The van der Waals surface area contributed by atoms with E-state index in [2.05, 4.69) is 5.16 Å². The summed E-state index contributed by atoms with van der Waals surface area (Å²) in [5, 5.41) is 10.9. The molecule has 0 heterocycles. The molecule has 1 rings (SSSR count). The summed E-state index contributed by atoms with van der Waals surface area (Å²) < 4.78 is 26.4. The van der Waals surface area contributed by atoms with E-state index in [4.69, 9.17) is 10.9 Å². The van der Waals surface area contributed by atoms with Gasteiger partial charge < -0.3 is 10.9 Å². The molecule has 1 aromatic carbocycles. The predicted octanol–water partition coefficient (Wildman–Crippen LogP) is 1.62. The van der Waals surface area contributed by atoms with Gasteiger partial charge in [-0.2, -0.15) is 0 Å². The van der Waals surface area contributed by atoms with Crippen molar-refractivity contribution in [2.45, 2.75) is 13.3 Å². The Morgan fingerprint density at radius 2 is 2.07 bits per heavy atom. The maximum atomic E-state index is 13.2. The lowest BCUT2D eigenvalue weighted by molar-refractivity contribution is 0.318. The van der Waals surface area contributed by atoms with Crippen LogP contribution < -0.4 is 5.73 Å². The quantitative estimate of drug-likeness (QED) is 0.330. The van der Waals surface area contributed by atoms with E-state index in [9.17, 15) is 8.78 Å². The second-order valence-electron chi connectivity index (χ2n) is 2.74. The van der Waals surface area contributed by atoms with E-state index in [1.165, 1.54) is 12.1 Å². The second kappa shape index (κ2) is 4.04. The summed E-state index contributed by atoms with van der Waals surface area (Å²) in [5.74, 6) is -2.47. The van der Waals surface area contributed by atoms with Crippen LogP contribution in [0.25, 0.3) is 0 Å². The minimum atomic E-state index is -1.08. The molecule has 14 heavy (non-hydrogen) atoms. The van der Waals surface area contributed by atoms with Gasteiger partial charge in [-0.1, -0.05) is 18.1 Å². The minimum absolute atomic E-state index is 0.234. The zero-order valence-electron chi connectivity index (χ0n) is 7.59. The first-order chi connectivity index (χ1) is 6.61. The van der Waals surface area contributed by atoms with Gasteiger partial charge in [0.25, 0.3) is 0 Å². The topological polar surface area (TPSA) is 58.6 Å². The first kappa shape index (κ1) is 10.4. The van der Waals surface area contributed by atoms with Crippen molar-refractivity contribution in [2.75, 3.05) is 0 Å². The van der Waals surface area contributed by atoms with Crippen molar-refractivity contribution in [3.63, 3.8) is 0 Å². The molecule has 0 aromatic heterocycles. The van der Waals surface area contributed by atoms with Crippen molar-refractivity contribution in [2.24, 2.45) is 10.9 Å². The van der Waals surface area contributed by atoms with Crippen molar-refractivity contribution in [3.8, 4) is 0 Å². The van der Waals surface area contributed by atoms with Gasteiger partial charge in [0, 0.05) is 0 Å². The molecule has 0 spiro atoms. The Morgan fingerprint density at radius 3 is 2.57 bits per heavy atom. The third kappa shape index (κ3) is 1.66. The van der Waals surface area contributed by atoms with Gasteiger partial charge in [-0.25, -0.2) is 8.78 Å². The largest absolute Gasteiger partial charge is 0.409 e. The Bertz CT molecular complexity index is 377. The van der Waals surface area contributed by atoms with E-state index in [0.29, 0.717) is 6.42 Å². The van der Waals surface area contributed by atoms with Gasteiger partial charge in [0.15, 0.2) is 17.5 Å². The van der Waals surface area contributed by atoms with Crippen LogP contribution in [0.5, 0.6) is 0 Å². The van der Waals surface area contributed by atoms with Gasteiger partial charge in [-0.15, -0.1) is 0 Å². The normalized spacial score (nSPS) is 11.8. The summed E-state index contributed by atoms with van der Waals surface area (Å²) in [5.41, 5.74) is 5.18. The number of halogens is 2. The Labute approximate surface area is 79.8 Å². The third-order valence-electron chi connectivity index (χ3n) is 1.93. The van der Waals surface area contributed by atoms with Crippen molar-refractivity contribution < 1.29 is 14.0 Å². The number of rotatable bonds is 2. The first-order valence-electron chi connectivity index (χ1n) is 4.06. The number of benzene rings is 1. The average Bonchev–Trinajstić information content (AvgIpc) is 2.21. The van der Waals surface area contributed by atoms with Gasteiger partial charge in [0.05, 0.1) is 5.56 Å². The fourth-order valence-corrected chi connectivity index (χ4v) is 1.11. The van der Waals surface area contributed by atoms with E-state index in [1.807, 2.05) is 0 Å². The van der Waals surface area contributed by atoms with E-state index >= 15 is 0 Å². The van der Waals surface area contributed by atoms with Gasteiger partial charge in [-0.3, -0.25) is 0 Å². The molecule has 5 heteroatoms. The molecule has 0 saturated heterocycles.